The lowest BCUT2D eigenvalue weighted by Gasteiger charge is -2.23. The molecule has 7 heteroatoms. The molecule has 1 aromatic heterocycles. The zero-order valence-electron chi connectivity index (χ0n) is 9.60. The van der Waals surface area contributed by atoms with Crippen LogP contribution in [0.5, 0.6) is 0 Å². The number of aromatic nitrogens is 1. The number of hydrogen-bond donors (Lipinski definition) is 1. The molecule has 18 heavy (non-hydrogen) atoms. The maximum Gasteiger partial charge on any atom is 0.254 e. The number of amides is 1. The van der Waals surface area contributed by atoms with E-state index in [4.69, 9.17) is 0 Å². The monoisotopic (exact) mass is 272 g/mol. The van der Waals surface area contributed by atoms with Gasteiger partial charge in [0.25, 0.3) is 5.91 Å². The molecule has 5 nitrogen and oxygen atoms in total. The highest BCUT2D eigenvalue weighted by Crippen LogP contribution is 2.13. The molecule has 1 aromatic rings. The summed E-state index contributed by atoms with van der Waals surface area (Å²) in [6.07, 6.45) is 3.38. The summed E-state index contributed by atoms with van der Waals surface area (Å²) in [4.78, 5) is 15.3. The number of pyridine rings is 1. The highest BCUT2D eigenvalue weighted by atomic mass is 32.2. The van der Waals surface area contributed by atoms with Crippen LogP contribution >= 0.6 is 0 Å². The molecule has 1 unspecified atom stereocenters. The van der Waals surface area contributed by atoms with E-state index in [1.54, 1.807) is 0 Å². The zero-order valence-corrected chi connectivity index (χ0v) is 10.4. The van der Waals surface area contributed by atoms with E-state index in [1.807, 2.05) is 0 Å². The van der Waals surface area contributed by atoms with E-state index in [-0.39, 0.29) is 17.1 Å². The minimum absolute atomic E-state index is 0.0779. The molecule has 1 aliphatic heterocycles. The van der Waals surface area contributed by atoms with Gasteiger partial charge in [0, 0.05) is 12.2 Å². The van der Waals surface area contributed by atoms with Crippen LogP contribution in [0.1, 0.15) is 23.2 Å². The lowest BCUT2D eigenvalue weighted by atomic mass is 10.1. The van der Waals surface area contributed by atoms with Gasteiger partial charge in [-0.3, -0.25) is 9.78 Å². The molecular formula is C11H13FN2O3S. The standard InChI is InChI=1S/C11H13FN2O3S/c12-10-6-13-4-3-9(10)11(15)14-8-2-1-5-18(16,17)7-8/h3-4,6,8H,1-2,5,7H2,(H,14,15). The van der Waals surface area contributed by atoms with Crippen LogP contribution in [-0.4, -0.2) is 36.9 Å². The van der Waals surface area contributed by atoms with Gasteiger partial charge in [-0.05, 0) is 18.9 Å². The number of nitrogens with one attached hydrogen (secondary N) is 1. The summed E-state index contributed by atoms with van der Waals surface area (Å²) in [6.45, 7) is 0. The van der Waals surface area contributed by atoms with Crippen LogP contribution in [0.15, 0.2) is 18.5 Å². The summed E-state index contributed by atoms with van der Waals surface area (Å²) < 4.78 is 36.1. The van der Waals surface area contributed by atoms with Crippen molar-refractivity contribution in [3.63, 3.8) is 0 Å². The number of carbonyl (C=O) groups excluding carboxylic acids is 1. The summed E-state index contributed by atoms with van der Waals surface area (Å²) in [5.74, 6) is -1.24. The maximum absolute atomic E-state index is 13.3. The number of hydrogen-bond acceptors (Lipinski definition) is 4. The van der Waals surface area contributed by atoms with Crippen LogP contribution < -0.4 is 5.32 Å². The van der Waals surface area contributed by atoms with Gasteiger partial charge in [0.2, 0.25) is 0 Å². The van der Waals surface area contributed by atoms with Gasteiger partial charge < -0.3 is 5.32 Å². The highest BCUT2D eigenvalue weighted by Gasteiger charge is 2.26. The first-order valence-corrected chi connectivity index (χ1v) is 7.41. The Kier molecular flexibility index (Phi) is 3.60. The Morgan fingerprint density at radius 3 is 2.94 bits per heavy atom. The molecule has 0 aliphatic carbocycles. The van der Waals surface area contributed by atoms with E-state index >= 15 is 0 Å². The van der Waals surface area contributed by atoms with Crippen LogP contribution in [0.25, 0.3) is 0 Å². The minimum atomic E-state index is -3.09. The van der Waals surface area contributed by atoms with Gasteiger partial charge in [0.1, 0.15) is 0 Å². The third kappa shape index (κ3) is 3.04. The third-order valence-corrected chi connectivity index (χ3v) is 4.64. The molecule has 98 valence electrons. The molecule has 2 heterocycles. The SMILES string of the molecule is O=C(NC1CCCS(=O)(=O)C1)c1ccncc1F. The van der Waals surface area contributed by atoms with E-state index in [0.29, 0.717) is 12.8 Å². The number of sulfone groups is 1. The first-order valence-electron chi connectivity index (χ1n) is 5.59. The van der Waals surface area contributed by atoms with Crippen molar-refractivity contribution in [1.82, 2.24) is 10.3 Å². The average Bonchev–Trinajstić information content (AvgIpc) is 2.28. The third-order valence-electron chi connectivity index (χ3n) is 2.82. The summed E-state index contributed by atoms with van der Waals surface area (Å²) in [6, 6.07) is 0.825. The first-order chi connectivity index (χ1) is 8.48. The van der Waals surface area contributed by atoms with Gasteiger partial charge in [0.15, 0.2) is 15.7 Å². The van der Waals surface area contributed by atoms with Crippen molar-refractivity contribution < 1.29 is 17.6 Å². The molecule has 0 bridgehead atoms. The predicted octanol–water partition coefficient (Wildman–Crippen LogP) is 0.528. The van der Waals surface area contributed by atoms with Gasteiger partial charge in [-0.15, -0.1) is 0 Å². The first kappa shape index (κ1) is 12.9. The molecule has 1 atom stereocenters. The molecule has 1 fully saturated rings. The van der Waals surface area contributed by atoms with Crippen LogP contribution in [0.2, 0.25) is 0 Å². The molecule has 1 amide bonds. The van der Waals surface area contributed by atoms with Crippen molar-refractivity contribution in [3.8, 4) is 0 Å². The number of halogens is 1. The lowest BCUT2D eigenvalue weighted by Crippen LogP contribution is -2.43. The second-order valence-corrected chi connectivity index (χ2v) is 6.51. The van der Waals surface area contributed by atoms with E-state index in [2.05, 4.69) is 10.3 Å². The molecule has 1 saturated heterocycles. The van der Waals surface area contributed by atoms with Crippen LogP contribution in [-0.2, 0) is 9.84 Å². The zero-order chi connectivity index (χ0) is 13.2. The normalized spacial score (nSPS) is 22.4. The topological polar surface area (TPSA) is 76.1 Å². The van der Waals surface area contributed by atoms with Gasteiger partial charge in [0.05, 0.1) is 23.3 Å². The van der Waals surface area contributed by atoms with E-state index in [1.165, 1.54) is 12.3 Å². The van der Waals surface area contributed by atoms with Gasteiger partial charge in [-0.1, -0.05) is 0 Å². The van der Waals surface area contributed by atoms with Crippen molar-refractivity contribution in [1.29, 1.82) is 0 Å². The Labute approximate surface area is 104 Å². The molecule has 0 aromatic carbocycles. The molecular weight excluding hydrogens is 259 g/mol. The number of nitrogens with zero attached hydrogens (tertiary/aromatic N) is 1. The quantitative estimate of drug-likeness (QED) is 0.852. The molecule has 2 rings (SSSR count). The van der Waals surface area contributed by atoms with Crippen molar-refractivity contribution in [2.75, 3.05) is 11.5 Å². The van der Waals surface area contributed by atoms with Crippen LogP contribution in [0, 0.1) is 5.82 Å². The summed E-state index contributed by atoms with van der Waals surface area (Å²) >= 11 is 0. The lowest BCUT2D eigenvalue weighted by molar-refractivity contribution is 0.0934. The van der Waals surface area contributed by atoms with E-state index in [0.717, 1.165) is 6.20 Å². The van der Waals surface area contributed by atoms with E-state index in [9.17, 15) is 17.6 Å². The molecule has 0 spiro atoms. The largest absolute Gasteiger partial charge is 0.348 e. The Balaban J connectivity index is 2.06. The number of rotatable bonds is 2. The van der Waals surface area contributed by atoms with Crippen molar-refractivity contribution in [3.05, 3.63) is 29.8 Å². The fourth-order valence-electron chi connectivity index (χ4n) is 1.96. The van der Waals surface area contributed by atoms with Gasteiger partial charge in [-0.2, -0.15) is 0 Å². The summed E-state index contributed by atoms with van der Waals surface area (Å²) in [7, 11) is -3.09. The second kappa shape index (κ2) is 5.01. The fraction of sp³-hybridized carbons (Fsp3) is 0.455. The Morgan fingerprint density at radius 1 is 1.50 bits per heavy atom. The van der Waals surface area contributed by atoms with E-state index < -0.39 is 27.6 Å². The van der Waals surface area contributed by atoms with Gasteiger partial charge in [-0.25, -0.2) is 12.8 Å². The molecule has 0 saturated carbocycles. The molecule has 0 radical (unpaired) electrons. The Hall–Kier alpha value is -1.50. The van der Waals surface area contributed by atoms with Crippen LogP contribution in [0.4, 0.5) is 4.39 Å². The van der Waals surface area contributed by atoms with Crippen molar-refractivity contribution in [2.24, 2.45) is 0 Å². The van der Waals surface area contributed by atoms with Gasteiger partial charge >= 0.3 is 0 Å². The average molecular weight is 272 g/mol. The number of carbonyl (C=O) groups is 1. The summed E-state index contributed by atoms with van der Waals surface area (Å²) in [5.41, 5.74) is -0.118. The summed E-state index contributed by atoms with van der Waals surface area (Å²) in [5, 5.41) is 2.55. The second-order valence-electron chi connectivity index (χ2n) is 4.28. The smallest absolute Gasteiger partial charge is 0.254 e. The predicted molar refractivity (Wildman–Crippen MR) is 63.3 cm³/mol. The maximum atomic E-state index is 13.3. The van der Waals surface area contributed by atoms with Crippen molar-refractivity contribution in [2.45, 2.75) is 18.9 Å². The van der Waals surface area contributed by atoms with Crippen LogP contribution in [0.3, 0.4) is 0 Å². The molecule has 1 aliphatic rings. The highest BCUT2D eigenvalue weighted by molar-refractivity contribution is 7.91. The Bertz CT molecular complexity index is 559. The van der Waals surface area contributed by atoms with Crippen molar-refractivity contribution >= 4 is 15.7 Å². The Morgan fingerprint density at radius 2 is 2.28 bits per heavy atom. The minimum Gasteiger partial charge on any atom is -0.348 e. The fourth-order valence-corrected chi connectivity index (χ4v) is 3.60. The molecule has 1 N–H and O–H groups in total.